The summed E-state index contributed by atoms with van der Waals surface area (Å²) in [5.41, 5.74) is 5.30. The van der Waals surface area contributed by atoms with Gasteiger partial charge in [-0.2, -0.15) is 5.10 Å². The van der Waals surface area contributed by atoms with Crippen molar-refractivity contribution in [3.05, 3.63) is 54.4 Å². The van der Waals surface area contributed by atoms with Crippen LogP contribution >= 0.6 is 0 Å². The molecular formula is C27H32FN7. The molecule has 0 saturated carbocycles. The standard InChI is InChI=1S/C27H32FN7/c1-19-14-22-21(4-7-29-25(22)15-24(19)28)23-17-31-35-18-20(16-30-26(23)35)33-8-5-27(2,6-9-33)34-12-10-32(3)11-13-34/h4,7,14-18H,5-6,8-13H2,1-3H3. The SMILES string of the molecule is Cc1cc2c(-c3cnn4cc(N5CCC(C)(N6CCN(C)CC6)CC5)cnc34)ccnc2cc1F. The number of aryl methyl sites for hydroxylation is 1. The molecule has 7 nitrogen and oxygen atoms in total. The third-order valence-electron chi connectivity index (χ3n) is 8.13. The first-order valence-corrected chi connectivity index (χ1v) is 12.5. The quantitative estimate of drug-likeness (QED) is 0.448. The second-order valence-electron chi connectivity index (χ2n) is 10.4. The Balaban J connectivity index is 1.25. The summed E-state index contributed by atoms with van der Waals surface area (Å²) in [5, 5.41) is 5.54. The molecule has 0 bridgehead atoms. The third kappa shape index (κ3) is 3.94. The van der Waals surface area contributed by atoms with Crippen molar-refractivity contribution in [1.29, 1.82) is 0 Å². The number of hydrogen-bond acceptors (Lipinski definition) is 6. The number of anilines is 1. The molecule has 0 spiro atoms. The molecule has 0 atom stereocenters. The van der Waals surface area contributed by atoms with E-state index in [1.165, 1.54) is 6.07 Å². The number of fused-ring (bicyclic) bond motifs is 2. The minimum absolute atomic E-state index is 0.241. The van der Waals surface area contributed by atoms with Gasteiger partial charge < -0.3 is 9.80 Å². The fraction of sp³-hybridized carbons (Fsp3) is 0.444. The summed E-state index contributed by atoms with van der Waals surface area (Å²) in [6.07, 6.45) is 9.91. The van der Waals surface area contributed by atoms with E-state index in [4.69, 9.17) is 4.98 Å². The number of benzene rings is 1. The van der Waals surface area contributed by atoms with E-state index in [-0.39, 0.29) is 11.4 Å². The minimum atomic E-state index is -0.241. The molecule has 0 amide bonds. The molecule has 2 aliphatic heterocycles. The van der Waals surface area contributed by atoms with Crippen LogP contribution in [0.4, 0.5) is 10.1 Å². The van der Waals surface area contributed by atoms with Crippen molar-refractivity contribution in [1.82, 2.24) is 29.4 Å². The van der Waals surface area contributed by atoms with Gasteiger partial charge in [-0.15, -0.1) is 0 Å². The van der Waals surface area contributed by atoms with E-state index in [2.05, 4.69) is 45.0 Å². The molecule has 0 aliphatic carbocycles. The van der Waals surface area contributed by atoms with Crippen molar-refractivity contribution < 1.29 is 4.39 Å². The van der Waals surface area contributed by atoms with Gasteiger partial charge in [0.05, 0.1) is 29.8 Å². The zero-order valence-electron chi connectivity index (χ0n) is 20.7. The highest BCUT2D eigenvalue weighted by molar-refractivity contribution is 5.98. The van der Waals surface area contributed by atoms with Crippen LogP contribution < -0.4 is 4.90 Å². The first-order valence-electron chi connectivity index (χ1n) is 12.5. The average Bonchev–Trinajstić information content (AvgIpc) is 3.28. The number of aromatic nitrogens is 4. The van der Waals surface area contributed by atoms with E-state index in [9.17, 15) is 4.39 Å². The highest BCUT2D eigenvalue weighted by Gasteiger charge is 2.36. The summed E-state index contributed by atoms with van der Waals surface area (Å²) >= 11 is 0. The summed E-state index contributed by atoms with van der Waals surface area (Å²) in [7, 11) is 2.21. The van der Waals surface area contributed by atoms with Crippen molar-refractivity contribution in [2.45, 2.75) is 32.2 Å². The van der Waals surface area contributed by atoms with Crippen molar-refractivity contribution in [3.63, 3.8) is 0 Å². The Kier molecular flexibility index (Phi) is 5.45. The Morgan fingerprint density at radius 3 is 2.49 bits per heavy atom. The molecule has 2 saturated heterocycles. The third-order valence-corrected chi connectivity index (χ3v) is 8.13. The van der Waals surface area contributed by atoms with Crippen LogP contribution in [0.3, 0.4) is 0 Å². The van der Waals surface area contributed by atoms with E-state index >= 15 is 0 Å². The lowest BCUT2D eigenvalue weighted by Gasteiger charge is -2.49. The van der Waals surface area contributed by atoms with Gasteiger partial charge in [0.2, 0.25) is 0 Å². The summed E-state index contributed by atoms with van der Waals surface area (Å²) in [4.78, 5) is 16.7. The normalized spacial score (nSPS) is 19.6. The number of piperidine rings is 1. The monoisotopic (exact) mass is 473 g/mol. The van der Waals surface area contributed by atoms with Gasteiger partial charge in [-0.1, -0.05) is 0 Å². The van der Waals surface area contributed by atoms with Crippen molar-refractivity contribution >= 4 is 22.2 Å². The summed E-state index contributed by atoms with van der Waals surface area (Å²) in [5.74, 6) is -0.241. The van der Waals surface area contributed by atoms with Crippen LogP contribution in [0.2, 0.25) is 0 Å². The van der Waals surface area contributed by atoms with Gasteiger partial charge in [-0.25, -0.2) is 13.9 Å². The van der Waals surface area contributed by atoms with Crippen molar-refractivity contribution in [3.8, 4) is 11.1 Å². The molecule has 5 heterocycles. The fourth-order valence-electron chi connectivity index (χ4n) is 5.64. The van der Waals surface area contributed by atoms with Gasteiger partial charge in [0.25, 0.3) is 0 Å². The van der Waals surface area contributed by atoms with Crippen molar-refractivity contribution in [2.24, 2.45) is 0 Å². The van der Waals surface area contributed by atoms with E-state index in [1.807, 2.05) is 29.0 Å². The van der Waals surface area contributed by atoms with Crippen molar-refractivity contribution in [2.75, 3.05) is 51.2 Å². The maximum absolute atomic E-state index is 14.1. The maximum Gasteiger partial charge on any atom is 0.162 e. The van der Waals surface area contributed by atoms with Gasteiger partial charge in [0.15, 0.2) is 5.65 Å². The Hall–Kier alpha value is -3.10. The summed E-state index contributed by atoms with van der Waals surface area (Å²) in [6.45, 7) is 10.9. The predicted molar refractivity (Wildman–Crippen MR) is 137 cm³/mol. The molecule has 8 heteroatoms. The Morgan fingerprint density at radius 2 is 1.71 bits per heavy atom. The van der Waals surface area contributed by atoms with Crippen LogP contribution in [-0.4, -0.2) is 81.2 Å². The fourth-order valence-corrected chi connectivity index (χ4v) is 5.64. The number of hydrogen-bond donors (Lipinski definition) is 0. The Morgan fingerprint density at radius 1 is 0.943 bits per heavy atom. The molecule has 3 aromatic heterocycles. The second kappa shape index (κ2) is 8.53. The summed E-state index contributed by atoms with van der Waals surface area (Å²) in [6, 6.07) is 5.31. The zero-order valence-corrected chi connectivity index (χ0v) is 20.7. The number of halogens is 1. The largest absolute Gasteiger partial charge is 0.369 e. The molecule has 0 radical (unpaired) electrons. The van der Waals surface area contributed by atoms with Gasteiger partial charge >= 0.3 is 0 Å². The van der Waals surface area contributed by atoms with E-state index < -0.39 is 0 Å². The molecule has 35 heavy (non-hydrogen) atoms. The van der Waals surface area contributed by atoms with Gasteiger partial charge in [-0.3, -0.25) is 9.88 Å². The first kappa shape index (κ1) is 22.4. The van der Waals surface area contributed by atoms with Crippen LogP contribution in [0.1, 0.15) is 25.3 Å². The number of likely N-dealkylation sites (N-methyl/N-ethyl adjacent to an activating group) is 1. The molecule has 0 N–H and O–H groups in total. The molecular weight excluding hydrogens is 441 g/mol. The number of nitrogens with zero attached hydrogens (tertiary/aromatic N) is 7. The smallest absolute Gasteiger partial charge is 0.162 e. The molecule has 182 valence electrons. The van der Waals surface area contributed by atoms with Gasteiger partial charge in [0.1, 0.15) is 5.82 Å². The van der Waals surface area contributed by atoms with Crippen LogP contribution in [0.5, 0.6) is 0 Å². The molecule has 1 aromatic carbocycles. The predicted octanol–water partition coefficient (Wildman–Crippen LogP) is 4.00. The lowest BCUT2D eigenvalue weighted by Crippen LogP contribution is -2.58. The maximum atomic E-state index is 14.1. The lowest BCUT2D eigenvalue weighted by atomic mass is 9.87. The number of pyridine rings is 1. The van der Waals surface area contributed by atoms with E-state index in [0.717, 1.165) is 80.0 Å². The van der Waals surface area contributed by atoms with E-state index in [0.29, 0.717) is 11.1 Å². The Bertz CT molecular complexity index is 1380. The number of rotatable bonds is 3. The highest BCUT2D eigenvalue weighted by Crippen LogP contribution is 2.34. The molecule has 0 unspecified atom stereocenters. The zero-order chi connectivity index (χ0) is 24.2. The summed E-state index contributed by atoms with van der Waals surface area (Å²) < 4.78 is 16.0. The lowest BCUT2D eigenvalue weighted by molar-refractivity contribution is 0.0346. The van der Waals surface area contributed by atoms with Crippen LogP contribution in [0.25, 0.3) is 27.7 Å². The minimum Gasteiger partial charge on any atom is -0.369 e. The van der Waals surface area contributed by atoms with E-state index in [1.54, 1.807) is 13.1 Å². The molecule has 2 aliphatic rings. The molecule has 2 fully saturated rings. The second-order valence-corrected chi connectivity index (χ2v) is 10.4. The average molecular weight is 474 g/mol. The van der Waals surface area contributed by atoms with Crippen LogP contribution in [0.15, 0.2) is 43.0 Å². The number of piperazine rings is 1. The van der Waals surface area contributed by atoms with Crippen LogP contribution in [0, 0.1) is 12.7 Å². The molecule has 6 rings (SSSR count). The Labute approximate surface area is 205 Å². The van der Waals surface area contributed by atoms with Gasteiger partial charge in [-0.05, 0) is 57.0 Å². The molecule has 4 aromatic rings. The topological polar surface area (TPSA) is 52.8 Å². The van der Waals surface area contributed by atoms with Gasteiger partial charge in [0, 0.05) is 68.0 Å². The van der Waals surface area contributed by atoms with Crippen LogP contribution in [-0.2, 0) is 0 Å². The highest BCUT2D eigenvalue weighted by atomic mass is 19.1. The first-order chi connectivity index (χ1) is 16.9.